The third-order valence-corrected chi connectivity index (χ3v) is 5.16. The number of rotatable bonds is 6. The molecule has 1 heteroatoms. The maximum Gasteiger partial charge on any atom is 0.0601 e. The number of hydrogen-bond acceptors (Lipinski definition) is 1. The fourth-order valence-corrected chi connectivity index (χ4v) is 4.18. The van der Waals surface area contributed by atoms with E-state index in [2.05, 4.69) is 49.9 Å². The topological polar surface area (TPSA) is 0 Å². The summed E-state index contributed by atoms with van der Waals surface area (Å²) < 4.78 is 0. The number of thioether (sulfide) groups is 1. The summed E-state index contributed by atoms with van der Waals surface area (Å²) in [5.41, 5.74) is 3.13. The Morgan fingerprint density at radius 1 is 1.11 bits per heavy atom. The predicted molar refractivity (Wildman–Crippen MR) is 82.9 cm³/mol. The van der Waals surface area contributed by atoms with Crippen molar-refractivity contribution in [2.24, 2.45) is 0 Å². The lowest BCUT2D eigenvalue weighted by Gasteiger charge is -2.30. The van der Waals surface area contributed by atoms with E-state index in [4.69, 9.17) is 0 Å². The highest BCUT2D eigenvalue weighted by Gasteiger charge is 2.26. The van der Waals surface area contributed by atoms with Gasteiger partial charge in [0, 0.05) is 5.25 Å². The van der Waals surface area contributed by atoms with Crippen LogP contribution >= 0.6 is 11.8 Å². The summed E-state index contributed by atoms with van der Waals surface area (Å²) in [5, 5.41) is 2.48. The van der Waals surface area contributed by atoms with Crippen molar-refractivity contribution in [1.29, 1.82) is 0 Å². The smallest absolute Gasteiger partial charge is 0.0601 e. The number of benzene rings is 1. The zero-order valence-corrected chi connectivity index (χ0v) is 12.6. The third-order valence-electron chi connectivity index (χ3n) is 3.71. The summed E-state index contributed by atoms with van der Waals surface area (Å²) in [6, 6.07) is 9.05. The van der Waals surface area contributed by atoms with Gasteiger partial charge in [-0.25, -0.2) is 0 Å². The van der Waals surface area contributed by atoms with E-state index in [0.29, 0.717) is 0 Å². The lowest BCUT2D eigenvalue weighted by Crippen LogP contribution is -2.18. The Bertz CT molecular complexity index is 358. The fraction of sp³-hybridized carbons (Fsp3) is 0.588. The highest BCUT2D eigenvalue weighted by Crippen LogP contribution is 2.44. The second-order valence-electron chi connectivity index (χ2n) is 5.27. The first kappa shape index (κ1) is 14.0. The van der Waals surface area contributed by atoms with Crippen molar-refractivity contribution in [1.82, 2.24) is 0 Å². The van der Waals surface area contributed by atoms with Crippen LogP contribution in [0.15, 0.2) is 24.3 Å². The van der Waals surface area contributed by atoms with Crippen molar-refractivity contribution in [3.8, 4) is 0 Å². The van der Waals surface area contributed by atoms with Crippen LogP contribution < -0.4 is 0 Å². The first-order chi connectivity index (χ1) is 8.85. The van der Waals surface area contributed by atoms with Crippen LogP contribution in [0.1, 0.15) is 63.5 Å². The summed E-state index contributed by atoms with van der Waals surface area (Å²) in [4.78, 5) is 0. The van der Waals surface area contributed by atoms with E-state index < -0.39 is 0 Å². The molecule has 1 aromatic carbocycles. The highest BCUT2D eigenvalue weighted by molar-refractivity contribution is 8.03. The van der Waals surface area contributed by atoms with Gasteiger partial charge in [-0.2, -0.15) is 0 Å². The molecule has 0 aromatic heterocycles. The SMILES string of the molecule is CCCC[C]1SC(CCCC)Cc2ccccc21. The molecule has 1 aliphatic rings. The van der Waals surface area contributed by atoms with Crippen LogP contribution in [0.2, 0.25) is 0 Å². The minimum atomic E-state index is 0.826. The second kappa shape index (κ2) is 7.23. The molecule has 1 aliphatic heterocycles. The van der Waals surface area contributed by atoms with Gasteiger partial charge in [-0.1, -0.05) is 63.8 Å². The zero-order valence-electron chi connectivity index (χ0n) is 11.7. The summed E-state index contributed by atoms with van der Waals surface area (Å²) in [5.74, 6) is 0. The van der Waals surface area contributed by atoms with Crippen LogP contribution in [0.3, 0.4) is 0 Å². The maximum atomic E-state index is 2.33. The van der Waals surface area contributed by atoms with Crippen molar-refractivity contribution >= 4 is 11.8 Å². The Kier molecular flexibility index (Phi) is 5.62. The molecule has 1 atom stereocenters. The third kappa shape index (κ3) is 3.54. The van der Waals surface area contributed by atoms with Gasteiger partial charge in [-0.05, 0) is 30.4 Å². The molecular formula is C17H25S. The Balaban J connectivity index is 2.08. The molecule has 1 aromatic rings. The minimum Gasteiger partial charge on any atom is -0.145 e. The van der Waals surface area contributed by atoms with Crippen LogP contribution in [0.25, 0.3) is 0 Å². The molecule has 1 radical (unpaired) electrons. The number of hydrogen-bond donors (Lipinski definition) is 0. The first-order valence-corrected chi connectivity index (χ1v) is 8.33. The van der Waals surface area contributed by atoms with Crippen LogP contribution in [0, 0.1) is 5.25 Å². The molecule has 0 saturated carbocycles. The number of unbranched alkanes of at least 4 members (excludes halogenated alkanes) is 2. The van der Waals surface area contributed by atoms with Crippen LogP contribution in [0.4, 0.5) is 0 Å². The second-order valence-corrected chi connectivity index (χ2v) is 6.67. The lowest BCUT2D eigenvalue weighted by molar-refractivity contribution is 0.670. The quantitative estimate of drug-likeness (QED) is 0.642. The molecule has 0 fully saturated rings. The van der Waals surface area contributed by atoms with Crippen molar-refractivity contribution in [2.45, 2.75) is 64.0 Å². The van der Waals surface area contributed by atoms with E-state index >= 15 is 0 Å². The van der Waals surface area contributed by atoms with Gasteiger partial charge < -0.3 is 0 Å². The van der Waals surface area contributed by atoms with E-state index in [9.17, 15) is 0 Å². The molecule has 0 amide bonds. The lowest BCUT2D eigenvalue weighted by atomic mass is 9.95. The van der Waals surface area contributed by atoms with Crippen LogP contribution in [-0.2, 0) is 6.42 Å². The van der Waals surface area contributed by atoms with Crippen molar-refractivity contribution < 1.29 is 0 Å². The summed E-state index contributed by atoms with van der Waals surface area (Å²) in [6.07, 6.45) is 9.26. The Labute approximate surface area is 117 Å². The van der Waals surface area contributed by atoms with Crippen LogP contribution in [0.5, 0.6) is 0 Å². The molecule has 0 nitrogen and oxygen atoms in total. The van der Waals surface area contributed by atoms with E-state index in [1.165, 1.54) is 44.9 Å². The Morgan fingerprint density at radius 3 is 2.67 bits per heavy atom. The molecule has 99 valence electrons. The fourth-order valence-electron chi connectivity index (χ4n) is 2.65. The van der Waals surface area contributed by atoms with Gasteiger partial charge in [0.1, 0.15) is 0 Å². The van der Waals surface area contributed by atoms with E-state index in [1.54, 1.807) is 16.4 Å². The van der Waals surface area contributed by atoms with E-state index in [1.807, 2.05) is 0 Å². The average molecular weight is 261 g/mol. The van der Waals surface area contributed by atoms with Gasteiger partial charge in [0.15, 0.2) is 0 Å². The summed E-state index contributed by atoms with van der Waals surface area (Å²) in [7, 11) is 0. The Morgan fingerprint density at radius 2 is 1.89 bits per heavy atom. The molecule has 1 heterocycles. The molecule has 2 rings (SSSR count). The van der Waals surface area contributed by atoms with Crippen LogP contribution in [-0.4, -0.2) is 5.25 Å². The summed E-state index contributed by atoms with van der Waals surface area (Å²) >= 11 is 2.17. The largest absolute Gasteiger partial charge is 0.145 e. The molecule has 0 aliphatic carbocycles. The van der Waals surface area contributed by atoms with Gasteiger partial charge in [-0.15, -0.1) is 11.8 Å². The zero-order chi connectivity index (χ0) is 12.8. The van der Waals surface area contributed by atoms with Gasteiger partial charge in [0.2, 0.25) is 0 Å². The van der Waals surface area contributed by atoms with Crippen molar-refractivity contribution in [2.75, 3.05) is 0 Å². The molecule has 18 heavy (non-hydrogen) atoms. The monoisotopic (exact) mass is 261 g/mol. The van der Waals surface area contributed by atoms with Crippen molar-refractivity contribution in [3.05, 3.63) is 40.6 Å². The van der Waals surface area contributed by atoms with E-state index in [0.717, 1.165) is 5.25 Å². The van der Waals surface area contributed by atoms with Gasteiger partial charge in [0.25, 0.3) is 0 Å². The standard InChI is InChI=1S/C17H25S/c1-3-5-10-15-13-14-9-7-8-11-16(14)17(18-15)12-6-4-2/h7-9,11,15H,3-6,10,12-13H2,1-2H3. The molecule has 0 bridgehead atoms. The molecule has 0 spiro atoms. The van der Waals surface area contributed by atoms with Gasteiger partial charge >= 0.3 is 0 Å². The maximum absolute atomic E-state index is 2.33. The summed E-state index contributed by atoms with van der Waals surface area (Å²) in [6.45, 7) is 4.58. The molecule has 0 N–H and O–H groups in total. The molecule has 0 saturated heterocycles. The minimum absolute atomic E-state index is 0.826. The van der Waals surface area contributed by atoms with E-state index in [-0.39, 0.29) is 0 Å². The highest BCUT2D eigenvalue weighted by atomic mass is 32.2. The van der Waals surface area contributed by atoms with Crippen molar-refractivity contribution in [3.63, 3.8) is 0 Å². The molecular weight excluding hydrogens is 236 g/mol. The first-order valence-electron chi connectivity index (χ1n) is 7.45. The Hall–Kier alpha value is -0.430. The normalized spacial score (nSPS) is 19.8. The molecule has 1 unspecified atom stereocenters. The predicted octanol–water partition coefficient (Wildman–Crippen LogP) is 5.60. The van der Waals surface area contributed by atoms with Gasteiger partial charge in [0.05, 0.1) is 5.25 Å². The number of fused-ring (bicyclic) bond motifs is 1. The average Bonchev–Trinajstić information content (AvgIpc) is 2.42. The van der Waals surface area contributed by atoms with Gasteiger partial charge in [-0.3, -0.25) is 0 Å².